The van der Waals surface area contributed by atoms with Gasteiger partial charge in [0.25, 0.3) is 0 Å². The van der Waals surface area contributed by atoms with Crippen molar-refractivity contribution >= 4 is 5.78 Å². The van der Waals surface area contributed by atoms with E-state index in [1.165, 1.54) is 33.5 Å². The third kappa shape index (κ3) is 2.51. The maximum atomic E-state index is 12.0. The molecule has 1 unspecified atom stereocenters. The maximum absolute atomic E-state index is 12.0. The van der Waals surface area contributed by atoms with Gasteiger partial charge in [0.2, 0.25) is 0 Å². The number of benzene rings is 2. The molecule has 2 fully saturated rings. The van der Waals surface area contributed by atoms with Crippen molar-refractivity contribution in [3.8, 4) is 5.75 Å². The summed E-state index contributed by atoms with van der Waals surface area (Å²) in [7, 11) is 0. The molecule has 4 bridgehead atoms. The molecule has 10 rings (SSSR count). The molecule has 4 aliphatic carbocycles. The van der Waals surface area contributed by atoms with Crippen molar-refractivity contribution in [2.45, 2.75) is 55.4 Å². The summed E-state index contributed by atoms with van der Waals surface area (Å²) in [4.78, 5) is 12.0. The highest BCUT2D eigenvalue weighted by molar-refractivity contribution is 5.81. The van der Waals surface area contributed by atoms with Gasteiger partial charge in [0, 0.05) is 53.6 Å². The zero-order valence-corrected chi connectivity index (χ0v) is 20.6. The van der Waals surface area contributed by atoms with Gasteiger partial charge in [-0.1, -0.05) is 36.4 Å². The van der Waals surface area contributed by atoms with Gasteiger partial charge in [0.1, 0.15) is 22.7 Å². The number of nitrogens with one attached hydrogen (secondary N) is 2. The molecule has 0 radical (unpaired) electrons. The van der Waals surface area contributed by atoms with Crippen LogP contribution >= 0.6 is 0 Å². The van der Waals surface area contributed by atoms with Gasteiger partial charge in [-0.2, -0.15) is 0 Å². The summed E-state index contributed by atoms with van der Waals surface area (Å²) in [5, 5.41) is 7.08. The fraction of sp³-hybridized carbons (Fsp3) is 0.344. The van der Waals surface area contributed by atoms with E-state index in [1.807, 2.05) is 12.3 Å². The van der Waals surface area contributed by atoms with Crippen LogP contribution in [0.2, 0.25) is 0 Å². The van der Waals surface area contributed by atoms with Crippen LogP contribution in [0.15, 0.2) is 89.4 Å². The molecule has 0 amide bonds. The highest BCUT2D eigenvalue weighted by Crippen LogP contribution is 2.63. The summed E-state index contributed by atoms with van der Waals surface area (Å²) in [5.41, 5.74) is 8.05. The van der Waals surface area contributed by atoms with Crippen molar-refractivity contribution in [2.75, 3.05) is 6.54 Å². The average molecular weight is 489 g/mol. The minimum absolute atomic E-state index is 0.167. The molecule has 5 nitrogen and oxygen atoms in total. The number of Topliss-reactive ketones (excluding diaryl/α,β-unsaturated/α-hetero) is 1. The van der Waals surface area contributed by atoms with Gasteiger partial charge in [-0.05, 0) is 66.8 Å². The third-order valence-corrected chi connectivity index (χ3v) is 10.1. The predicted molar refractivity (Wildman–Crippen MR) is 139 cm³/mol. The lowest BCUT2D eigenvalue weighted by molar-refractivity contribution is -0.125. The molecule has 37 heavy (non-hydrogen) atoms. The molecule has 2 aromatic carbocycles. The second kappa shape index (κ2) is 6.84. The molecule has 8 aliphatic rings. The van der Waals surface area contributed by atoms with Crippen LogP contribution < -0.4 is 15.4 Å². The fourth-order valence-electron chi connectivity index (χ4n) is 8.63. The smallest absolute Gasteiger partial charge is 0.176 e. The van der Waals surface area contributed by atoms with Crippen molar-refractivity contribution in [2.24, 2.45) is 5.92 Å². The molecule has 0 aromatic heterocycles. The van der Waals surface area contributed by atoms with Gasteiger partial charge in [-0.15, -0.1) is 0 Å². The molecule has 1 spiro atoms. The van der Waals surface area contributed by atoms with E-state index in [2.05, 4.69) is 59.2 Å². The number of fused-ring (bicyclic) bond motifs is 1. The monoisotopic (exact) mass is 488 g/mol. The minimum atomic E-state index is -0.236. The molecule has 5 heteroatoms. The molecule has 4 atom stereocenters. The number of dihydropyridines is 1. The Morgan fingerprint density at radius 1 is 1.03 bits per heavy atom. The Bertz CT molecular complexity index is 1560. The van der Waals surface area contributed by atoms with Crippen molar-refractivity contribution in [3.63, 3.8) is 0 Å². The lowest BCUT2D eigenvalue weighted by Crippen LogP contribution is -2.60. The molecule has 2 N–H and O–H groups in total. The van der Waals surface area contributed by atoms with Crippen LogP contribution in [-0.2, 0) is 33.2 Å². The normalized spacial score (nSPS) is 33.8. The average Bonchev–Trinajstić information content (AvgIpc) is 3.61. The number of carbonyl (C=O) groups is 1. The third-order valence-electron chi connectivity index (χ3n) is 10.1. The Morgan fingerprint density at radius 3 is 2.92 bits per heavy atom. The van der Waals surface area contributed by atoms with E-state index >= 15 is 0 Å². The number of hydrogen-bond acceptors (Lipinski definition) is 5. The number of carbonyl (C=O) groups excluding carboxylic acids is 1. The van der Waals surface area contributed by atoms with Gasteiger partial charge in [-0.3, -0.25) is 4.79 Å². The van der Waals surface area contributed by atoms with E-state index in [1.54, 1.807) is 0 Å². The number of ketones is 1. The molecular weight excluding hydrogens is 460 g/mol. The molecule has 1 saturated carbocycles. The minimum Gasteiger partial charge on any atom is -0.460 e. The van der Waals surface area contributed by atoms with E-state index in [9.17, 15) is 4.79 Å². The second-order valence-corrected chi connectivity index (χ2v) is 11.7. The van der Waals surface area contributed by atoms with Crippen molar-refractivity contribution in [1.29, 1.82) is 0 Å². The van der Waals surface area contributed by atoms with Gasteiger partial charge in [-0.25, -0.2) is 0 Å². The summed E-state index contributed by atoms with van der Waals surface area (Å²) < 4.78 is 11.7. The van der Waals surface area contributed by atoms with Crippen LogP contribution in [0, 0.1) is 5.92 Å². The summed E-state index contributed by atoms with van der Waals surface area (Å²) >= 11 is 0. The Labute approximate surface area is 215 Å². The van der Waals surface area contributed by atoms with Crippen LogP contribution in [0.1, 0.15) is 47.9 Å². The van der Waals surface area contributed by atoms with Gasteiger partial charge in [0.15, 0.2) is 11.5 Å². The summed E-state index contributed by atoms with van der Waals surface area (Å²) in [6.07, 6.45) is 12.2. The van der Waals surface area contributed by atoms with E-state index in [-0.39, 0.29) is 10.8 Å². The topological polar surface area (TPSA) is 62.9 Å². The van der Waals surface area contributed by atoms with Gasteiger partial charge >= 0.3 is 0 Å². The predicted octanol–water partition coefficient (Wildman–Crippen LogP) is 4.59. The Kier molecular flexibility index (Phi) is 3.79. The van der Waals surface area contributed by atoms with E-state index in [0.29, 0.717) is 17.7 Å². The lowest BCUT2D eigenvalue weighted by atomic mass is 9.52. The largest absolute Gasteiger partial charge is 0.460 e. The molecule has 184 valence electrons. The van der Waals surface area contributed by atoms with Crippen molar-refractivity contribution < 1.29 is 14.3 Å². The number of hydrogen-bond donors (Lipinski definition) is 2. The van der Waals surface area contributed by atoms with E-state index in [4.69, 9.17) is 9.47 Å². The molecular formula is C32H28N2O3. The van der Waals surface area contributed by atoms with Crippen LogP contribution in [0.25, 0.3) is 0 Å². The van der Waals surface area contributed by atoms with Crippen LogP contribution in [0.5, 0.6) is 5.75 Å². The number of piperidine rings is 1. The van der Waals surface area contributed by atoms with Crippen molar-refractivity contribution in [3.05, 3.63) is 112 Å². The summed E-state index contributed by atoms with van der Waals surface area (Å²) in [5.74, 6) is 5.14. The van der Waals surface area contributed by atoms with Crippen molar-refractivity contribution in [1.82, 2.24) is 10.6 Å². The quantitative estimate of drug-likeness (QED) is 0.568. The molecule has 4 heterocycles. The lowest BCUT2D eigenvalue weighted by Gasteiger charge is -2.55. The van der Waals surface area contributed by atoms with Gasteiger partial charge < -0.3 is 20.1 Å². The standard InChI is InChI=1S/C16H9NO2.C16H19NO/c1-2-8-6-9-14-15-11(19-15)7-12-16(14,4-5-17-9)13(8)10(3-1)18-12;18-12-5-6-14-15-9-11-3-1-2-4-13(11)16(14,10-12)7-8-17-15/h1-5,7,17H,6H2;1-4,14-15,17H,5-10H2/t;14-,15+,16+/m.0/s1. The zero-order chi connectivity index (χ0) is 24.4. The number of allylic oxidation sites excluding steroid dienone is 4. The molecule has 4 aliphatic heterocycles. The highest BCUT2D eigenvalue weighted by atomic mass is 16.6. The first-order valence-corrected chi connectivity index (χ1v) is 13.6. The Hall–Kier alpha value is -3.57. The molecule has 1 saturated heterocycles. The first kappa shape index (κ1) is 20.5. The SMILES string of the molecule is C1=CC23C4=CC5=C(O5)C2=C(Cc2cccc(c23)O4)N1.O=C1CC[C@H]2[C@H]3Cc4ccccc4[C@@]2(CCN3)C1. The number of rotatable bonds is 0. The van der Waals surface area contributed by atoms with E-state index in [0.717, 1.165) is 68.1 Å². The molecule has 2 aromatic rings. The van der Waals surface area contributed by atoms with Crippen LogP contribution in [-0.4, -0.2) is 18.4 Å². The van der Waals surface area contributed by atoms with Crippen LogP contribution in [0.4, 0.5) is 0 Å². The van der Waals surface area contributed by atoms with Gasteiger partial charge in [0.05, 0.1) is 0 Å². The van der Waals surface area contributed by atoms with E-state index < -0.39 is 0 Å². The maximum Gasteiger partial charge on any atom is 0.176 e. The Balaban J connectivity index is 0.000000110. The fourth-order valence-corrected chi connectivity index (χ4v) is 8.63. The highest BCUT2D eigenvalue weighted by Gasteiger charge is 2.59. The summed E-state index contributed by atoms with van der Waals surface area (Å²) in [6, 6.07) is 15.7. The first-order valence-electron chi connectivity index (χ1n) is 13.6. The second-order valence-electron chi connectivity index (χ2n) is 11.7. The summed E-state index contributed by atoms with van der Waals surface area (Å²) in [6.45, 7) is 1.07. The van der Waals surface area contributed by atoms with Crippen LogP contribution in [0.3, 0.4) is 0 Å². The first-order chi connectivity index (χ1) is 18.2. The number of ether oxygens (including phenoxy) is 2. The Morgan fingerprint density at radius 2 is 1.95 bits per heavy atom. The zero-order valence-electron chi connectivity index (χ0n) is 20.6.